The summed E-state index contributed by atoms with van der Waals surface area (Å²) in [6.45, 7) is 1.43. The van der Waals surface area contributed by atoms with Crippen LogP contribution in [0.15, 0.2) is 40.7 Å². The summed E-state index contributed by atoms with van der Waals surface area (Å²) in [7, 11) is 0.290. The van der Waals surface area contributed by atoms with Gasteiger partial charge in [-0.3, -0.25) is 0 Å². The first-order valence-electron chi connectivity index (χ1n) is 7.64. The number of methoxy groups -OCH3 is 2. The molecule has 0 saturated carbocycles. The van der Waals surface area contributed by atoms with Crippen molar-refractivity contribution in [1.29, 1.82) is 0 Å². The normalized spacial score (nSPS) is 13.1. The van der Waals surface area contributed by atoms with Crippen molar-refractivity contribution in [3.8, 4) is 0 Å². The Bertz CT molecular complexity index is 858. The molecule has 0 N–H and O–H groups in total. The Kier molecular flexibility index (Phi) is 8.46. The maximum absolute atomic E-state index is 11.7. The highest BCUT2D eigenvalue weighted by molar-refractivity contribution is 8.07. The molecule has 27 heavy (non-hydrogen) atoms. The third-order valence-corrected chi connectivity index (χ3v) is 4.28. The summed E-state index contributed by atoms with van der Waals surface area (Å²) < 4.78 is 33.2. The average Bonchev–Trinajstić information content (AvgIpc) is 2.63. The van der Waals surface area contributed by atoms with E-state index in [1.807, 2.05) is 0 Å². The third kappa shape index (κ3) is 6.74. The molecule has 0 unspecified atom stereocenters. The number of carbonyl (C=O) groups excluding carboxylic acids is 1. The monoisotopic (exact) mass is 398 g/mol. The maximum atomic E-state index is 11.7. The number of nitrogens with zero attached hydrogens (tertiary/aromatic N) is 2. The largest absolute Gasteiger partial charge is 0.496 e. The molecular weight excluding hydrogens is 376 g/mol. The second-order valence-corrected chi connectivity index (χ2v) is 7.13. The number of carbonyl (C=O) groups is 1. The lowest BCUT2D eigenvalue weighted by Crippen LogP contribution is -2.22. The number of esters is 1. The molecule has 9 nitrogen and oxygen atoms in total. The maximum Gasteiger partial charge on any atom is 0.334 e. The van der Waals surface area contributed by atoms with Crippen LogP contribution in [-0.4, -0.2) is 52.7 Å². The second kappa shape index (κ2) is 10.3. The lowest BCUT2D eigenvalue weighted by molar-refractivity contribution is -0.134. The Labute approximate surface area is 158 Å². The van der Waals surface area contributed by atoms with E-state index in [1.54, 1.807) is 24.3 Å². The molecule has 0 saturated heterocycles. The molecule has 1 rings (SSSR count). The van der Waals surface area contributed by atoms with Crippen LogP contribution in [0.3, 0.4) is 0 Å². The molecule has 0 aliphatic carbocycles. The van der Waals surface area contributed by atoms with Crippen molar-refractivity contribution >= 4 is 32.3 Å². The number of sulfone groups is 1. The molecule has 0 aromatic heterocycles. The molecule has 1 aromatic carbocycles. The van der Waals surface area contributed by atoms with Gasteiger partial charge in [0.15, 0.2) is 9.84 Å². The minimum absolute atomic E-state index is 0.000585. The number of hydrogen-bond donors (Lipinski definition) is 0. The molecule has 0 bridgehead atoms. The fourth-order valence-corrected chi connectivity index (χ4v) is 2.81. The molecule has 0 radical (unpaired) electrons. The molecular formula is C17H22N2O7S. The van der Waals surface area contributed by atoms with Crippen LogP contribution in [0.4, 0.5) is 0 Å². The van der Waals surface area contributed by atoms with Gasteiger partial charge in [-0.15, -0.1) is 0 Å². The lowest BCUT2D eigenvalue weighted by atomic mass is 10.1. The van der Waals surface area contributed by atoms with Gasteiger partial charge in [0, 0.05) is 17.4 Å². The first-order valence-corrected chi connectivity index (χ1v) is 9.53. The van der Waals surface area contributed by atoms with Gasteiger partial charge in [-0.05, 0) is 6.92 Å². The van der Waals surface area contributed by atoms with Crippen molar-refractivity contribution in [2.75, 3.05) is 27.6 Å². The van der Waals surface area contributed by atoms with Crippen molar-refractivity contribution < 1.29 is 32.4 Å². The van der Waals surface area contributed by atoms with E-state index >= 15 is 0 Å². The third-order valence-electron chi connectivity index (χ3n) is 3.21. The van der Waals surface area contributed by atoms with E-state index in [0.717, 1.165) is 6.26 Å². The van der Waals surface area contributed by atoms with E-state index < -0.39 is 15.8 Å². The van der Waals surface area contributed by atoms with Crippen molar-refractivity contribution in [3.05, 3.63) is 41.5 Å². The summed E-state index contributed by atoms with van der Waals surface area (Å²) in [4.78, 5) is 21.3. The number of rotatable bonds is 8. The predicted octanol–water partition coefficient (Wildman–Crippen LogP) is 1.74. The molecule has 0 amide bonds. The number of hydrogen-bond acceptors (Lipinski definition) is 9. The van der Waals surface area contributed by atoms with E-state index in [2.05, 4.69) is 19.9 Å². The van der Waals surface area contributed by atoms with Gasteiger partial charge in [0.05, 0.1) is 20.3 Å². The zero-order valence-corrected chi connectivity index (χ0v) is 16.6. The minimum Gasteiger partial charge on any atom is -0.496 e. The van der Waals surface area contributed by atoms with Crippen molar-refractivity contribution in [2.45, 2.75) is 13.5 Å². The highest BCUT2D eigenvalue weighted by atomic mass is 32.2. The fraction of sp³-hybridized carbons (Fsp3) is 0.353. The summed E-state index contributed by atoms with van der Waals surface area (Å²) in [6.07, 6.45) is 2.20. The SMILES string of the molecule is CON=C(C(C)=NOCc1ccccc1C(=CC(=O)OC)OC)S(C)(=O)=O. The summed E-state index contributed by atoms with van der Waals surface area (Å²) in [6, 6.07) is 7.04. The van der Waals surface area contributed by atoms with Crippen LogP contribution in [0.25, 0.3) is 5.76 Å². The smallest absolute Gasteiger partial charge is 0.334 e. The highest BCUT2D eigenvalue weighted by Gasteiger charge is 2.19. The Morgan fingerprint density at radius 3 is 2.33 bits per heavy atom. The molecule has 1 aromatic rings. The quantitative estimate of drug-likeness (QED) is 0.164. The van der Waals surface area contributed by atoms with Gasteiger partial charge in [-0.2, -0.15) is 0 Å². The van der Waals surface area contributed by atoms with E-state index in [0.29, 0.717) is 16.9 Å². The van der Waals surface area contributed by atoms with Gasteiger partial charge >= 0.3 is 5.97 Å². The average molecular weight is 398 g/mol. The molecule has 0 atom stereocenters. The van der Waals surface area contributed by atoms with Crippen molar-refractivity contribution in [3.63, 3.8) is 0 Å². The summed E-state index contributed by atoms with van der Waals surface area (Å²) >= 11 is 0. The minimum atomic E-state index is -3.63. The number of oxime groups is 2. The molecule has 0 aliphatic rings. The van der Waals surface area contributed by atoms with E-state index in [1.165, 1.54) is 34.3 Å². The lowest BCUT2D eigenvalue weighted by Gasteiger charge is -2.11. The Balaban J connectivity index is 3.07. The first kappa shape index (κ1) is 22.2. The van der Waals surface area contributed by atoms with Crippen LogP contribution in [0.5, 0.6) is 0 Å². The van der Waals surface area contributed by atoms with E-state index in [-0.39, 0.29) is 17.4 Å². The molecule has 0 heterocycles. The van der Waals surface area contributed by atoms with Gasteiger partial charge in [-0.25, -0.2) is 13.2 Å². The van der Waals surface area contributed by atoms with Gasteiger partial charge < -0.3 is 19.1 Å². The van der Waals surface area contributed by atoms with Gasteiger partial charge in [0.1, 0.15) is 25.2 Å². The van der Waals surface area contributed by atoms with Gasteiger partial charge in [0.25, 0.3) is 0 Å². The molecule has 0 aliphatic heterocycles. The van der Waals surface area contributed by atoms with Crippen LogP contribution in [-0.2, 0) is 40.4 Å². The van der Waals surface area contributed by atoms with E-state index in [9.17, 15) is 13.2 Å². The molecule has 148 valence electrons. The van der Waals surface area contributed by atoms with Gasteiger partial charge in [-0.1, -0.05) is 34.6 Å². The van der Waals surface area contributed by atoms with Crippen LogP contribution in [0.2, 0.25) is 0 Å². The fourth-order valence-electron chi connectivity index (χ4n) is 2.02. The molecule has 0 fully saturated rings. The topological polar surface area (TPSA) is 113 Å². The van der Waals surface area contributed by atoms with Gasteiger partial charge in [0.2, 0.25) is 5.04 Å². The second-order valence-electron chi connectivity index (χ2n) is 5.19. The zero-order valence-electron chi connectivity index (χ0n) is 15.8. The first-order chi connectivity index (χ1) is 12.7. The van der Waals surface area contributed by atoms with Crippen LogP contribution < -0.4 is 0 Å². The zero-order chi connectivity index (χ0) is 20.4. The Morgan fingerprint density at radius 1 is 1.11 bits per heavy atom. The highest BCUT2D eigenvalue weighted by Crippen LogP contribution is 2.21. The van der Waals surface area contributed by atoms with Crippen LogP contribution in [0.1, 0.15) is 18.1 Å². The van der Waals surface area contributed by atoms with E-state index in [4.69, 9.17) is 9.57 Å². The molecule has 0 spiro atoms. The summed E-state index contributed by atoms with van der Waals surface area (Å²) in [5, 5.41) is 6.91. The summed E-state index contributed by atoms with van der Waals surface area (Å²) in [5.74, 6) is -0.274. The van der Waals surface area contributed by atoms with Crippen molar-refractivity contribution in [1.82, 2.24) is 0 Å². The van der Waals surface area contributed by atoms with Crippen molar-refractivity contribution in [2.24, 2.45) is 10.3 Å². The predicted molar refractivity (Wildman–Crippen MR) is 101 cm³/mol. The number of ether oxygens (including phenoxy) is 2. The Morgan fingerprint density at radius 2 is 1.78 bits per heavy atom. The summed E-state index contributed by atoms with van der Waals surface area (Å²) in [5.41, 5.74) is 1.30. The molecule has 10 heteroatoms. The Hall–Kier alpha value is -2.88. The van der Waals surface area contributed by atoms with Crippen LogP contribution in [0, 0.1) is 0 Å². The standard InChI is InChI=1S/C17H22N2O7S/c1-12(17(19-25-4)27(5,21)22)18-26-11-13-8-6-7-9-14(13)15(23-2)10-16(20)24-3/h6-10H,11H2,1-5H3. The number of benzene rings is 1. The van der Waals surface area contributed by atoms with Crippen LogP contribution >= 0.6 is 0 Å².